The number of sulfonamides is 1. The second-order valence-electron chi connectivity index (χ2n) is 3.72. The van der Waals surface area contributed by atoms with Crippen molar-refractivity contribution in [3.05, 3.63) is 28.2 Å². The van der Waals surface area contributed by atoms with E-state index in [1.54, 1.807) is 7.05 Å². The summed E-state index contributed by atoms with van der Waals surface area (Å²) in [6.07, 6.45) is -4.52. The van der Waals surface area contributed by atoms with Crippen molar-refractivity contribution in [3.63, 3.8) is 0 Å². The molecule has 0 saturated heterocycles. The molecule has 108 valence electrons. The molecule has 9 heteroatoms. The fourth-order valence-electron chi connectivity index (χ4n) is 1.23. The normalized spacial score (nSPS) is 12.5. The molecular weight excluding hydrogens is 349 g/mol. The van der Waals surface area contributed by atoms with Crippen LogP contribution in [0.1, 0.15) is 5.56 Å². The summed E-state index contributed by atoms with van der Waals surface area (Å²) in [4.78, 5) is 0. The molecule has 0 aliphatic carbocycles. The van der Waals surface area contributed by atoms with Gasteiger partial charge >= 0.3 is 6.18 Å². The minimum atomic E-state index is -4.52. The fourth-order valence-corrected chi connectivity index (χ4v) is 2.79. The van der Waals surface area contributed by atoms with E-state index in [0.29, 0.717) is 0 Å². The van der Waals surface area contributed by atoms with E-state index in [4.69, 9.17) is 0 Å². The molecule has 0 unspecified atom stereocenters. The lowest BCUT2D eigenvalue weighted by Gasteiger charge is -2.12. The Labute approximate surface area is 117 Å². The van der Waals surface area contributed by atoms with Gasteiger partial charge in [-0.15, -0.1) is 0 Å². The first-order valence-corrected chi connectivity index (χ1v) is 7.62. The quantitative estimate of drug-likeness (QED) is 0.847. The van der Waals surface area contributed by atoms with Crippen molar-refractivity contribution in [2.75, 3.05) is 24.1 Å². The van der Waals surface area contributed by atoms with E-state index >= 15 is 0 Å². The van der Waals surface area contributed by atoms with E-state index < -0.39 is 21.8 Å². The van der Waals surface area contributed by atoms with Crippen LogP contribution in [0, 0.1) is 0 Å². The molecule has 1 aromatic carbocycles. The van der Waals surface area contributed by atoms with E-state index in [2.05, 4.69) is 26.0 Å². The Kier molecular flexibility index (Phi) is 5.22. The number of rotatable bonds is 5. The van der Waals surface area contributed by atoms with Crippen molar-refractivity contribution >= 4 is 31.6 Å². The smallest absolute Gasteiger partial charge is 0.319 e. The van der Waals surface area contributed by atoms with Crippen LogP contribution in [0.4, 0.5) is 18.9 Å². The summed E-state index contributed by atoms with van der Waals surface area (Å²) < 4.78 is 63.2. The van der Waals surface area contributed by atoms with Crippen LogP contribution in [0.2, 0.25) is 0 Å². The highest BCUT2D eigenvalue weighted by Gasteiger charge is 2.31. The Morgan fingerprint density at radius 1 is 1.32 bits per heavy atom. The number of nitrogens with one attached hydrogen (secondary N) is 2. The van der Waals surface area contributed by atoms with E-state index in [9.17, 15) is 21.6 Å². The third kappa shape index (κ3) is 5.00. The molecule has 0 amide bonds. The van der Waals surface area contributed by atoms with E-state index in [-0.39, 0.29) is 22.5 Å². The zero-order chi connectivity index (χ0) is 14.7. The maximum Gasteiger partial charge on any atom is 0.416 e. The van der Waals surface area contributed by atoms with Crippen LogP contribution in [-0.4, -0.2) is 27.8 Å². The average Bonchev–Trinajstić information content (AvgIpc) is 2.28. The first-order chi connectivity index (χ1) is 8.65. The number of hydrogen-bond donors (Lipinski definition) is 2. The van der Waals surface area contributed by atoms with Crippen molar-refractivity contribution in [3.8, 4) is 0 Å². The third-order valence-corrected chi connectivity index (χ3v) is 4.14. The molecule has 0 spiro atoms. The van der Waals surface area contributed by atoms with E-state index in [1.807, 2.05) is 0 Å². The number of alkyl halides is 3. The van der Waals surface area contributed by atoms with Gasteiger partial charge in [-0.3, -0.25) is 4.72 Å². The van der Waals surface area contributed by atoms with Gasteiger partial charge in [0.15, 0.2) is 0 Å². The first-order valence-electron chi connectivity index (χ1n) is 5.17. The van der Waals surface area contributed by atoms with Crippen LogP contribution < -0.4 is 10.0 Å². The second-order valence-corrected chi connectivity index (χ2v) is 6.41. The molecule has 4 nitrogen and oxygen atoms in total. The van der Waals surface area contributed by atoms with E-state index in [0.717, 1.165) is 18.2 Å². The minimum absolute atomic E-state index is 0.133. The molecule has 2 N–H and O–H groups in total. The maximum atomic E-state index is 12.5. The van der Waals surface area contributed by atoms with Gasteiger partial charge in [0.1, 0.15) is 0 Å². The topological polar surface area (TPSA) is 58.2 Å². The lowest BCUT2D eigenvalue weighted by molar-refractivity contribution is -0.137. The number of benzene rings is 1. The molecule has 0 atom stereocenters. The van der Waals surface area contributed by atoms with Crippen molar-refractivity contribution < 1.29 is 21.6 Å². The summed E-state index contributed by atoms with van der Waals surface area (Å²) >= 11 is 3.01. The lowest BCUT2D eigenvalue weighted by Crippen LogP contribution is -2.24. The van der Waals surface area contributed by atoms with E-state index in [1.165, 1.54) is 0 Å². The van der Waals surface area contributed by atoms with Crippen LogP contribution in [-0.2, 0) is 16.2 Å². The Morgan fingerprint density at radius 3 is 2.47 bits per heavy atom. The predicted molar refractivity (Wildman–Crippen MR) is 70.5 cm³/mol. The van der Waals surface area contributed by atoms with Crippen LogP contribution >= 0.6 is 15.9 Å². The van der Waals surface area contributed by atoms with Crippen LogP contribution in [0.5, 0.6) is 0 Å². The Morgan fingerprint density at radius 2 is 1.95 bits per heavy atom. The predicted octanol–water partition coefficient (Wildman–Crippen LogP) is 2.43. The molecule has 0 heterocycles. The third-order valence-electron chi connectivity index (χ3n) is 2.18. The summed E-state index contributed by atoms with van der Waals surface area (Å²) in [6.45, 7) is 0.200. The van der Waals surface area contributed by atoms with Crippen molar-refractivity contribution in [2.24, 2.45) is 0 Å². The summed E-state index contributed by atoms with van der Waals surface area (Å²) in [7, 11) is -2.11. The highest BCUT2D eigenvalue weighted by atomic mass is 79.9. The lowest BCUT2D eigenvalue weighted by atomic mass is 10.2. The molecule has 0 fully saturated rings. The zero-order valence-electron chi connectivity index (χ0n) is 9.88. The molecule has 1 aromatic rings. The van der Waals surface area contributed by atoms with Crippen molar-refractivity contribution in [1.82, 2.24) is 5.32 Å². The molecular formula is C10H12BrF3N2O2S. The highest BCUT2D eigenvalue weighted by Crippen LogP contribution is 2.34. The molecule has 0 saturated carbocycles. The fraction of sp³-hybridized carbons (Fsp3) is 0.400. The van der Waals surface area contributed by atoms with Gasteiger partial charge in [-0.1, -0.05) is 0 Å². The van der Waals surface area contributed by atoms with Crippen LogP contribution in [0.25, 0.3) is 0 Å². The first kappa shape index (κ1) is 16.3. The zero-order valence-corrected chi connectivity index (χ0v) is 12.3. The molecule has 0 aliphatic rings. The standard InChI is InChI=1S/C10H12BrF3N2O2S/c1-15-4-5-19(17,18)16-9-6-7(10(12,13)14)2-3-8(9)11/h2-3,6,15-16H,4-5H2,1H3. The maximum absolute atomic E-state index is 12.5. The second kappa shape index (κ2) is 6.10. The molecule has 19 heavy (non-hydrogen) atoms. The Balaban J connectivity index is 3.01. The number of anilines is 1. The molecule has 0 aromatic heterocycles. The van der Waals surface area contributed by atoms with Crippen molar-refractivity contribution in [2.45, 2.75) is 6.18 Å². The molecule has 1 rings (SSSR count). The SMILES string of the molecule is CNCCS(=O)(=O)Nc1cc(C(F)(F)F)ccc1Br. The van der Waals surface area contributed by atoms with Gasteiger partial charge in [0.25, 0.3) is 0 Å². The average molecular weight is 361 g/mol. The minimum Gasteiger partial charge on any atom is -0.319 e. The van der Waals surface area contributed by atoms with Gasteiger partial charge in [0.2, 0.25) is 10.0 Å². The van der Waals surface area contributed by atoms with Gasteiger partial charge in [-0.25, -0.2) is 8.42 Å². The highest BCUT2D eigenvalue weighted by molar-refractivity contribution is 9.10. The van der Waals surface area contributed by atoms with Gasteiger partial charge in [-0.05, 0) is 41.2 Å². The molecule has 0 aliphatic heterocycles. The Hall–Kier alpha value is -0.800. The summed E-state index contributed by atoms with van der Waals surface area (Å²) in [5.41, 5.74) is -1.05. The summed E-state index contributed by atoms with van der Waals surface area (Å²) in [5.74, 6) is -0.230. The Bertz CT molecular complexity index is 546. The monoisotopic (exact) mass is 360 g/mol. The number of halogens is 4. The van der Waals surface area contributed by atoms with Crippen molar-refractivity contribution in [1.29, 1.82) is 0 Å². The van der Waals surface area contributed by atoms with Gasteiger partial charge < -0.3 is 5.32 Å². The van der Waals surface area contributed by atoms with Gasteiger partial charge in [0, 0.05) is 11.0 Å². The van der Waals surface area contributed by atoms with Gasteiger partial charge in [-0.2, -0.15) is 13.2 Å². The number of hydrogen-bond acceptors (Lipinski definition) is 3. The van der Waals surface area contributed by atoms with Gasteiger partial charge in [0.05, 0.1) is 17.0 Å². The molecule has 0 radical (unpaired) electrons. The largest absolute Gasteiger partial charge is 0.416 e. The summed E-state index contributed by atoms with van der Waals surface area (Å²) in [6, 6.07) is 2.77. The van der Waals surface area contributed by atoms with Crippen LogP contribution in [0.3, 0.4) is 0 Å². The summed E-state index contributed by atoms with van der Waals surface area (Å²) in [5, 5.41) is 2.65. The molecule has 0 bridgehead atoms. The van der Waals surface area contributed by atoms with Crippen LogP contribution in [0.15, 0.2) is 22.7 Å².